The number of nitrogens with one attached hydrogen (secondary N) is 1. The van der Waals surface area contributed by atoms with E-state index in [0.717, 1.165) is 12.8 Å². The molecule has 0 aliphatic heterocycles. The van der Waals surface area contributed by atoms with Crippen molar-refractivity contribution >= 4 is 11.8 Å². The molecule has 1 atom stereocenters. The van der Waals surface area contributed by atoms with Gasteiger partial charge in [0.25, 0.3) is 0 Å². The zero-order valence-electron chi connectivity index (χ0n) is 7.62. The Hall–Kier alpha value is -1.10. The first-order valence-electron chi connectivity index (χ1n) is 4.32. The second kappa shape index (κ2) is 6.42. The molecule has 0 bridgehead atoms. The average molecular weight is 187 g/mol. The highest BCUT2D eigenvalue weighted by atomic mass is 16.4. The molecule has 0 aromatic carbocycles. The lowest BCUT2D eigenvalue weighted by atomic mass is 10.1. The van der Waals surface area contributed by atoms with Gasteiger partial charge < -0.3 is 16.6 Å². The van der Waals surface area contributed by atoms with Crippen LogP contribution in [-0.4, -0.2) is 23.0 Å². The zero-order chi connectivity index (χ0) is 10.3. The van der Waals surface area contributed by atoms with Crippen LogP contribution in [0, 0.1) is 5.41 Å². The average Bonchev–Trinajstić information content (AvgIpc) is 1.96. The molecule has 0 saturated carbocycles. The number of unbranched alkanes of at least 4 members (excludes halogenated alkanes) is 1. The Labute approximate surface area is 77.6 Å². The van der Waals surface area contributed by atoms with E-state index in [2.05, 4.69) is 0 Å². The SMILES string of the molecule is N=C(N)CCCC[C@H](N)CC(=O)O. The molecule has 13 heavy (non-hydrogen) atoms. The minimum atomic E-state index is -0.862. The smallest absolute Gasteiger partial charge is 0.304 e. The maximum atomic E-state index is 10.2. The lowest BCUT2D eigenvalue weighted by Crippen LogP contribution is -2.23. The van der Waals surface area contributed by atoms with Crippen LogP contribution in [0.3, 0.4) is 0 Å². The minimum Gasteiger partial charge on any atom is -0.481 e. The molecule has 5 heteroatoms. The Morgan fingerprint density at radius 3 is 2.54 bits per heavy atom. The lowest BCUT2D eigenvalue weighted by molar-refractivity contribution is -0.137. The van der Waals surface area contributed by atoms with Crippen LogP contribution in [0.4, 0.5) is 0 Å². The summed E-state index contributed by atoms with van der Waals surface area (Å²) in [5.41, 5.74) is 10.7. The number of rotatable bonds is 7. The molecule has 5 nitrogen and oxygen atoms in total. The largest absolute Gasteiger partial charge is 0.481 e. The van der Waals surface area contributed by atoms with Crippen LogP contribution in [0.2, 0.25) is 0 Å². The molecular weight excluding hydrogens is 170 g/mol. The van der Waals surface area contributed by atoms with Crippen molar-refractivity contribution in [2.24, 2.45) is 11.5 Å². The molecule has 0 rings (SSSR count). The van der Waals surface area contributed by atoms with Gasteiger partial charge in [0.05, 0.1) is 12.3 Å². The molecule has 0 amide bonds. The topological polar surface area (TPSA) is 113 Å². The van der Waals surface area contributed by atoms with Crippen LogP contribution >= 0.6 is 0 Å². The molecule has 76 valence electrons. The fourth-order valence-corrected chi connectivity index (χ4v) is 1.05. The fraction of sp³-hybridized carbons (Fsp3) is 0.750. The van der Waals surface area contributed by atoms with Crippen LogP contribution in [-0.2, 0) is 4.79 Å². The van der Waals surface area contributed by atoms with Gasteiger partial charge >= 0.3 is 5.97 Å². The summed E-state index contributed by atoms with van der Waals surface area (Å²) in [7, 11) is 0. The van der Waals surface area contributed by atoms with E-state index in [4.69, 9.17) is 22.0 Å². The van der Waals surface area contributed by atoms with Gasteiger partial charge in [0.1, 0.15) is 0 Å². The number of amidine groups is 1. The minimum absolute atomic E-state index is 0.0140. The third-order valence-corrected chi connectivity index (χ3v) is 1.71. The van der Waals surface area contributed by atoms with Gasteiger partial charge in [-0.2, -0.15) is 0 Å². The second-order valence-corrected chi connectivity index (χ2v) is 3.13. The van der Waals surface area contributed by atoms with Crippen molar-refractivity contribution in [2.75, 3.05) is 0 Å². The van der Waals surface area contributed by atoms with Gasteiger partial charge in [-0.15, -0.1) is 0 Å². The van der Waals surface area contributed by atoms with Crippen molar-refractivity contribution in [1.82, 2.24) is 0 Å². The lowest BCUT2D eigenvalue weighted by Gasteiger charge is -2.07. The Morgan fingerprint density at radius 1 is 1.46 bits per heavy atom. The number of hydrogen-bond donors (Lipinski definition) is 4. The molecule has 0 spiro atoms. The van der Waals surface area contributed by atoms with E-state index in [9.17, 15) is 4.79 Å². The predicted molar refractivity (Wildman–Crippen MR) is 50.6 cm³/mol. The zero-order valence-corrected chi connectivity index (χ0v) is 7.62. The van der Waals surface area contributed by atoms with Gasteiger partial charge in [0, 0.05) is 12.5 Å². The molecule has 0 saturated heterocycles. The highest BCUT2D eigenvalue weighted by Crippen LogP contribution is 2.04. The van der Waals surface area contributed by atoms with Crippen LogP contribution in [0.1, 0.15) is 32.1 Å². The number of aliphatic carboxylic acids is 1. The maximum Gasteiger partial charge on any atom is 0.304 e. The molecule has 6 N–H and O–H groups in total. The molecule has 0 fully saturated rings. The van der Waals surface area contributed by atoms with E-state index < -0.39 is 5.97 Å². The standard InChI is InChI=1S/C8H17N3O2/c9-6(5-8(12)13)3-1-2-4-7(10)11/h6H,1-5,9H2,(H3,10,11)(H,12,13)/t6-/m0/s1. The highest BCUT2D eigenvalue weighted by Gasteiger charge is 2.06. The Morgan fingerprint density at radius 2 is 2.08 bits per heavy atom. The molecule has 0 radical (unpaired) electrons. The van der Waals surface area contributed by atoms with E-state index in [1.807, 2.05) is 0 Å². The monoisotopic (exact) mass is 187 g/mol. The Balaban J connectivity index is 3.31. The number of carboxylic acid groups (broad SMARTS) is 1. The van der Waals surface area contributed by atoms with Crippen molar-refractivity contribution in [3.05, 3.63) is 0 Å². The number of hydrogen-bond acceptors (Lipinski definition) is 3. The van der Waals surface area contributed by atoms with Gasteiger partial charge in [-0.05, 0) is 12.8 Å². The van der Waals surface area contributed by atoms with Crippen molar-refractivity contribution < 1.29 is 9.90 Å². The van der Waals surface area contributed by atoms with E-state index >= 15 is 0 Å². The third kappa shape index (κ3) is 8.81. The number of carboxylic acids is 1. The summed E-state index contributed by atoms with van der Waals surface area (Å²) in [5, 5.41) is 15.3. The van der Waals surface area contributed by atoms with Gasteiger partial charge in [0.15, 0.2) is 0 Å². The number of nitrogens with two attached hydrogens (primary N) is 2. The van der Waals surface area contributed by atoms with E-state index in [1.165, 1.54) is 0 Å². The van der Waals surface area contributed by atoms with Crippen LogP contribution < -0.4 is 11.5 Å². The van der Waals surface area contributed by atoms with E-state index in [0.29, 0.717) is 12.8 Å². The molecule has 0 aromatic heterocycles. The summed E-state index contributed by atoms with van der Waals surface area (Å²) < 4.78 is 0. The van der Waals surface area contributed by atoms with Crippen LogP contribution in [0.25, 0.3) is 0 Å². The molecule has 0 heterocycles. The summed E-state index contributed by atoms with van der Waals surface area (Å²) in [6.07, 6.45) is 2.90. The quantitative estimate of drug-likeness (QED) is 0.260. The fourth-order valence-electron chi connectivity index (χ4n) is 1.05. The van der Waals surface area contributed by atoms with Gasteiger partial charge in [-0.3, -0.25) is 10.2 Å². The molecule has 0 aliphatic carbocycles. The van der Waals surface area contributed by atoms with E-state index in [-0.39, 0.29) is 18.3 Å². The highest BCUT2D eigenvalue weighted by molar-refractivity contribution is 5.76. The first-order chi connectivity index (χ1) is 6.02. The van der Waals surface area contributed by atoms with Crippen molar-refractivity contribution in [3.8, 4) is 0 Å². The van der Waals surface area contributed by atoms with Gasteiger partial charge in [-0.1, -0.05) is 6.42 Å². The second-order valence-electron chi connectivity index (χ2n) is 3.13. The molecular formula is C8H17N3O2. The molecule has 0 aliphatic rings. The first kappa shape index (κ1) is 11.9. The molecule has 0 unspecified atom stereocenters. The number of carbonyl (C=O) groups is 1. The summed E-state index contributed by atoms with van der Waals surface area (Å²) in [5.74, 6) is -0.689. The Kier molecular flexibility index (Phi) is 5.88. The summed E-state index contributed by atoms with van der Waals surface area (Å²) in [6, 6.07) is -0.274. The van der Waals surface area contributed by atoms with Crippen LogP contribution in [0.5, 0.6) is 0 Å². The van der Waals surface area contributed by atoms with E-state index in [1.54, 1.807) is 0 Å². The first-order valence-corrected chi connectivity index (χ1v) is 4.32. The summed E-state index contributed by atoms with van der Waals surface area (Å²) in [6.45, 7) is 0. The maximum absolute atomic E-state index is 10.2. The Bertz CT molecular complexity index is 182. The van der Waals surface area contributed by atoms with Gasteiger partial charge in [0.2, 0.25) is 0 Å². The normalized spacial score (nSPS) is 12.4. The van der Waals surface area contributed by atoms with Crippen molar-refractivity contribution in [2.45, 2.75) is 38.1 Å². The predicted octanol–water partition coefficient (Wildman–Crippen LogP) is 0.285. The van der Waals surface area contributed by atoms with Crippen LogP contribution in [0.15, 0.2) is 0 Å². The van der Waals surface area contributed by atoms with Gasteiger partial charge in [-0.25, -0.2) is 0 Å². The summed E-state index contributed by atoms with van der Waals surface area (Å²) >= 11 is 0. The van der Waals surface area contributed by atoms with Crippen molar-refractivity contribution in [3.63, 3.8) is 0 Å². The van der Waals surface area contributed by atoms with Crippen molar-refractivity contribution in [1.29, 1.82) is 5.41 Å². The summed E-state index contributed by atoms with van der Waals surface area (Å²) in [4.78, 5) is 10.2. The molecule has 0 aromatic rings. The third-order valence-electron chi connectivity index (χ3n) is 1.71.